The molecule has 1 heterocycles. The van der Waals surface area contributed by atoms with Gasteiger partial charge < -0.3 is 9.64 Å². The maximum absolute atomic E-state index is 11.6. The maximum Gasteiger partial charge on any atom is 0.329 e. The van der Waals surface area contributed by atoms with Gasteiger partial charge in [-0.05, 0) is 19.8 Å². The first-order chi connectivity index (χ1) is 7.49. The summed E-state index contributed by atoms with van der Waals surface area (Å²) in [6, 6.07) is -0.742. The molecule has 1 rings (SSSR count). The molecule has 0 bridgehead atoms. The van der Waals surface area contributed by atoms with Crippen LogP contribution >= 0.6 is 0 Å². The number of amides is 1. The lowest BCUT2D eigenvalue weighted by Crippen LogP contribution is -2.54. The third-order valence-electron chi connectivity index (χ3n) is 3.00. The molecule has 0 radical (unpaired) electrons. The lowest BCUT2D eigenvalue weighted by molar-refractivity contribution is -0.158. The van der Waals surface area contributed by atoms with Gasteiger partial charge in [0.25, 0.3) is 0 Å². The highest BCUT2D eigenvalue weighted by Crippen LogP contribution is 2.25. The number of hydrogen-bond donors (Lipinski definition) is 0. The molecule has 0 spiro atoms. The first-order valence-corrected chi connectivity index (χ1v) is 5.34. The van der Waals surface area contributed by atoms with Crippen LogP contribution in [0.1, 0.15) is 26.7 Å². The van der Waals surface area contributed by atoms with Crippen molar-refractivity contribution in [1.29, 1.82) is 0 Å². The molecular weight excluding hydrogens is 210 g/mol. The van der Waals surface area contributed by atoms with Gasteiger partial charge in [0.2, 0.25) is 5.91 Å². The summed E-state index contributed by atoms with van der Waals surface area (Å²) in [5, 5.41) is 0. The van der Waals surface area contributed by atoms with Crippen molar-refractivity contribution in [2.75, 3.05) is 13.7 Å². The second-order valence-corrected chi connectivity index (χ2v) is 4.04. The molecule has 0 aliphatic carbocycles. The van der Waals surface area contributed by atoms with Crippen LogP contribution in [0.5, 0.6) is 0 Å². The zero-order valence-electron chi connectivity index (χ0n) is 9.86. The van der Waals surface area contributed by atoms with Crippen LogP contribution in [-0.2, 0) is 19.1 Å². The molecule has 0 aromatic rings. The van der Waals surface area contributed by atoms with Gasteiger partial charge in [0.15, 0.2) is 0 Å². The van der Waals surface area contributed by atoms with E-state index in [1.807, 2.05) is 0 Å². The number of piperidine rings is 1. The first kappa shape index (κ1) is 12.7. The van der Waals surface area contributed by atoms with E-state index >= 15 is 0 Å². The van der Waals surface area contributed by atoms with E-state index in [2.05, 4.69) is 4.74 Å². The third-order valence-corrected chi connectivity index (χ3v) is 3.00. The Bertz CT molecular complexity index is 291. The molecule has 1 aliphatic heterocycles. The van der Waals surface area contributed by atoms with Crippen molar-refractivity contribution in [3.8, 4) is 0 Å². The van der Waals surface area contributed by atoms with Crippen LogP contribution < -0.4 is 0 Å². The van der Waals surface area contributed by atoms with Crippen molar-refractivity contribution in [2.45, 2.75) is 32.7 Å². The number of carbonyl (C=O) groups is 3. The van der Waals surface area contributed by atoms with Crippen LogP contribution in [0.2, 0.25) is 0 Å². The summed E-state index contributed by atoms with van der Waals surface area (Å²) in [6.45, 7) is 3.36. The third kappa shape index (κ3) is 2.40. The summed E-state index contributed by atoms with van der Waals surface area (Å²) in [4.78, 5) is 35.9. The lowest BCUT2D eigenvalue weighted by Gasteiger charge is -2.37. The Morgan fingerprint density at radius 2 is 1.88 bits per heavy atom. The van der Waals surface area contributed by atoms with Gasteiger partial charge in [-0.1, -0.05) is 0 Å². The number of carbonyl (C=O) groups excluding carboxylic acids is 3. The first-order valence-electron chi connectivity index (χ1n) is 5.34. The highest BCUT2D eigenvalue weighted by molar-refractivity contribution is 5.90. The summed E-state index contributed by atoms with van der Waals surface area (Å²) in [5.41, 5.74) is 0. The number of ketones is 1. The predicted molar refractivity (Wildman–Crippen MR) is 56.6 cm³/mol. The van der Waals surface area contributed by atoms with Crippen LogP contribution in [0.3, 0.4) is 0 Å². The number of ether oxygens (including phenoxy) is 1. The fourth-order valence-electron chi connectivity index (χ4n) is 2.19. The molecule has 2 unspecified atom stereocenters. The number of hydrogen-bond acceptors (Lipinski definition) is 4. The zero-order chi connectivity index (χ0) is 12.3. The summed E-state index contributed by atoms with van der Waals surface area (Å²) in [5.74, 6) is -1.19. The van der Waals surface area contributed by atoms with Crippen LogP contribution in [0, 0.1) is 5.92 Å². The van der Waals surface area contributed by atoms with E-state index in [-0.39, 0.29) is 11.7 Å². The fraction of sp³-hybridized carbons (Fsp3) is 0.727. The molecule has 16 heavy (non-hydrogen) atoms. The highest BCUT2D eigenvalue weighted by Gasteiger charge is 2.41. The average molecular weight is 227 g/mol. The number of methoxy groups -OCH3 is 1. The molecule has 1 aliphatic rings. The zero-order valence-corrected chi connectivity index (χ0v) is 9.86. The minimum Gasteiger partial charge on any atom is -0.467 e. The highest BCUT2D eigenvalue weighted by atomic mass is 16.5. The van der Waals surface area contributed by atoms with Gasteiger partial charge in [-0.25, -0.2) is 4.79 Å². The van der Waals surface area contributed by atoms with E-state index in [0.29, 0.717) is 13.0 Å². The Kier molecular flexibility index (Phi) is 4.04. The predicted octanol–water partition coefficient (Wildman–Crippen LogP) is 0.375. The Hall–Kier alpha value is -1.39. The Morgan fingerprint density at radius 1 is 1.25 bits per heavy atom. The molecule has 1 fully saturated rings. The number of esters is 1. The largest absolute Gasteiger partial charge is 0.467 e. The van der Waals surface area contributed by atoms with E-state index in [0.717, 1.165) is 6.42 Å². The molecular formula is C11H17NO4. The van der Waals surface area contributed by atoms with Gasteiger partial charge in [-0.2, -0.15) is 0 Å². The number of likely N-dealkylation sites (tertiary alicyclic amines) is 1. The lowest BCUT2D eigenvalue weighted by atomic mass is 9.86. The number of nitrogens with zero attached hydrogens (tertiary/aromatic N) is 1. The summed E-state index contributed by atoms with van der Waals surface area (Å²) < 4.78 is 4.67. The Labute approximate surface area is 94.7 Å². The van der Waals surface area contributed by atoms with Crippen LogP contribution in [0.15, 0.2) is 0 Å². The second-order valence-electron chi connectivity index (χ2n) is 4.04. The summed E-state index contributed by atoms with van der Waals surface area (Å²) in [7, 11) is 1.27. The summed E-state index contributed by atoms with van der Waals surface area (Å²) >= 11 is 0. The monoisotopic (exact) mass is 227 g/mol. The normalized spacial score (nSPS) is 25.1. The van der Waals surface area contributed by atoms with E-state index in [1.165, 1.54) is 25.9 Å². The van der Waals surface area contributed by atoms with Gasteiger partial charge in [0, 0.05) is 19.4 Å². The van der Waals surface area contributed by atoms with Crippen LogP contribution in [-0.4, -0.2) is 42.3 Å². The molecule has 0 aromatic heterocycles. The topological polar surface area (TPSA) is 63.7 Å². The molecule has 5 heteroatoms. The van der Waals surface area contributed by atoms with E-state index in [1.54, 1.807) is 0 Å². The molecule has 0 saturated carbocycles. The van der Waals surface area contributed by atoms with E-state index in [9.17, 15) is 14.4 Å². The molecule has 90 valence electrons. The van der Waals surface area contributed by atoms with Crippen molar-refractivity contribution in [3.05, 3.63) is 0 Å². The standard InChI is InChI=1S/C11H17NO4/c1-7(13)9-5-4-6-12(8(2)14)10(9)11(15)16-3/h9-10H,4-6H2,1-3H3. The van der Waals surface area contributed by atoms with Gasteiger partial charge in [-0.15, -0.1) is 0 Å². The average Bonchev–Trinajstić information content (AvgIpc) is 2.26. The molecule has 5 nitrogen and oxygen atoms in total. The molecule has 1 saturated heterocycles. The Morgan fingerprint density at radius 3 is 2.31 bits per heavy atom. The van der Waals surface area contributed by atoms with Crippen molar-refractivity contribution >= 4 is 17.7 Å². The fourth-order valence-corrected chi connectivity index (χ4v) is 2.19. The van der Waals surface area contributed by atoms with E-state index < -0.39 is 17.9 Å². The smallest absolute Gasteiger partial charge is 0.329 e. The van der Waals surface area contributed by atoms with Gasteiger partial charge in [-0.3, -0.25) is 9.59 Å². The van der Waals surface area contributed by atoms with Crippen LogP contribution in [0.25, 0.3) is 0 Å². The Balaban J connectivity index is 2.98. The second kappa shape index (κ2) is 5.09. The van der Waals surface area contributed by atoms with Crippen molar-refractivity contribution in [1.82, 2.24) is 4.90 Å². The van der Waals surface area contributed by atoms with Crippen molar-refractivity contribution < 1.29 is 19.1 Å². The number of rotatable bonds is 2. The quantitative estimate of drug-likeness (QED) is 0.639. The van der Waals surface area contributed by atoms with Gasteiger partial charge >= 0.3 is 5.97 Å². The van der Waals surface area contributed by atoms with E-state index in [4.69, 9.17) is 0 Å². The van der Waals surface area contributed by atoms with Gasteiger partial charge in [0.1, 0.15) is 11.8 Å². The SMILES string of the molecule is COC(=O)C1C(C(C)=O)CCCN1C(C)=O. The number of Topliss-reactive ketones (excluding diaryl/α,β-unsaturated/α-hetero) is 1. The van der Waals surface area contributed by atoms with Gasteiger partial charge in [0.05, 0.1) is 7.11 Å². The molecule has 0 N–H and O–H groups in total. The molecule has 0 aromatic carbocycles. The molecule has 1 amide bonds. The molecule has 2 atom stereocenters. The van der Waals surface area contributed by atoms with Crippen molar-refractivity contribution in [3.63, 3.8) is 0 Å². The van der Waals surface area contributed by atoms with Crippen LogP contribution in [0.4, 0.5) is 0 Å². The minimum atomic E-state index is -0.742. The minimum absolute atomic E-state index is 0.0682. The van der Waals surface area contributed by atoms with Crippen molar-refractivity contribution in [2.24, 2.45) is 5.92 Å². The summed E-state index contributed by atoms with van der Waals surface area (Å²) in [6.07, 6.45) is 1.39. The maximum atomic E-state index is 11.6.